The Bertz CT molecular complexity index is 913. The molecule has 0 bridgehead atoms. The number of sulfonamides is 1. The first-order valence-corrected chi connectivity index (χ1v) is 10.4. The Morgan fingerprint density at radius 3 is 2.41 bits per heavy atom. The van der Waals surface area contributed by atoms with Crippen LogP contribution in [0.4, 0.5) is 11.5 Å². The van der Waals surface area contributed by atoms with Crippen molar-refractivity contribution in [2.45, 2.75) is 31.6 Å². The van der Waals surface area contributed by atoms with E-state index in [1.165, 1.54) is 24.4 Å². The first-order valence-electron chi connectivity index (χ1n) is 8.55. The van der Waals surface area contributed by atoms with Gasteiger partial charge < -0.3 is 10.0 Å². The highest BCUT2D eigenvalue weighted by atomic mass is 35.5. The maximum Gasteiger partial charge on any atom is 0.339 e. The molecule has 0 aliphatic rings. The predicted molar refractivity (Wildman–Crippen MR) is 106 cm³/mol. The van der Waals surface area contributed by atoms with E-state index in [0.29, 0.717) is 18.9 Å². The summed E-state index contributed by atoms with van der Waals surface area (Å²) >= 11 is 5.96. The Hall–Kier alpha value is -2.32. The summed E-state index contributed by atoms with van der Waals surface area (Å²) in [5.41, 5.74) is 0.000255. The summed E-state index contributed by atoms with van der Waals surface area (Å²) in [6, 6.07) is 7.29. The second kappa shape index (κ2) is 9.05. The lowest BCUT2D eigenvalue weighted by Crippen LogP contribution is -2.28. The molecule has 0 saturated carbocycles. The third-order valence-electron chi connectivity index (χ3n) is 3.76. The Kier molecular flexibility index (Phi) is 7.04. The summed E-state index contributed by atoms with van der Waals surface area (Å²) in [5.74, 6) is -0.847. The van der Waals surface area contributed by atoms with Crippen molar-refractivity contribution in [1.82, 2.24) is 4.98 Å². The van der Waals surface area contributed by atoms with Crippen LogP contribution in [0.1, 0.15) is 37.0 Å². The number of pyridine rings is 1. The average Bonchev–Trinajstić information content (AvgIpc) is 2.61. The molecule has 0 amide bonds. The van der Waals surface area contributed by atoms with Gasteiger partial charge in [0.1, 0.15) is 16.3 Å². The normalized spacial score (nSPS) is 11.2. The lowest BCUT2D eigenvalue weighted by Gasteiger charge is -2.24. The SMILES string of the molecule is CCCN(CCC)c1ncc(NS(=O)(=O)c2ccccc2Cl)cc1C(=O)O. The smallest absolute Gasteiger partial charge is 0.339 e. The number of hydrogen-bond acceptors (Lipinski definition) is 5. The van der Waals surface area contributed by atoms with Gasteiger partial charge in [0, 0.05) is 13.1 Å². The standard InChI is InChI=1S/C18H22ClN3O4S/c1-3-9-22(10-4-2)17-14(18(23)24)11-13(12-20-17)21-27(25,26)16-8-6-5-7-15(16)19/h5-8,11-12,21H,3-4,9-10H2,1-2H3,(H,23,24). The zero-order valence-electron chi connectivity index (χ0n) is 15.1. The second-order valence-electron chi connectivity index (χ2n) is 5.92. The van der Waals surface area contributed by atoms with Crippen LogP contribution >= 0.6 is 11.6 Å². The summed E-state index contributed by atoms with van der Waals surface area (Å²) in [6.07, 6.45) is 2.98. The molecular formula is C18H22ClN3O4S. The van der Waals surface area contributed by atoms with E-state index in [2.05, 4.69) is 9.71 Å². The van der Waals surface area contributed by atoms with Crippen molar-refractivity contribution in [1.29, 1.82) is 0 Å². The van der Waals surface area contributed by atoms with Crippen LogP contribution in [-0.2, 0) is 10.0 Å². The summed E-state index contributed by atoms with van der Waals surface area (Å²) in [7, 11) is -3.97. The molecule has 1 heterocycles. The van der Waals surface area contributed by atoms with Gasteiger partial charge in [0.25, 0.3) is 10.0 Å². The molecule has 7 nitrogen and oxygen atoms in total. The quantitative estimate of drug-likeness (QED) is 0.649. The number of benzene rings is 1. The largest absolute Gasteiger partial charge is 0.478 e. The van der Waals surface area contributed by atoms with Crippen molar-refractivity contribution in [3.05, 3.63) is 47.1 Å². The molecule has 0 unspecified atom stereocenters. The van der Waals surface area contributed by atoms with E-state index in [1.807, 2.05) is 18.7 Å². The fourth-order valence-corrected chi connectivity index (χ4v) is 4.21. The molecule has 1 aromatic heterocycles. The van der Waals surface area contributed by atoms with Crippen LogP contribution in [0, 0.1) is 0 Å². The highest BCUT2D eigenvalue weighted by Gasteiger charge is 2.21. The van der Waals surface area contributed by atoms with Gasteiger partial charge in [-0.1, -0.05) is 37.6 Å². The van der Waals surface area contributed by atoms with E-state index >= 15 is 0 Å². The molecule has 0 spiro atoms. The van der Waals surface area contributed by atoms with Gasteiger partial charge in [0.15, 0.2) is 0 Å². The van der Waals surface area contributed by atoms with Crippen LogP contribution in [0.2, 0.25) is 5.02 Å². The van der Waals surface area contributed by atoms with Gasteiger partial charge in [-0.3, -0.25) is 4.72 Å². The van der Waals surface area contributed by atoms with Crippen molar-refractivity contribution in [2.24, 2.45) is 0 Å². The van der Waals surface area contributed by atoms with Crippen LogP contribution in [-0.4, -0.2) is 37.6 Å². The van der Waals surface area contributed by atoms with E-state index in [4.69, 9.17) is 11.6 Å². The molecule has 1 aromatic carbocycles. The van der Waals surface area contributed by atoms with Gasteiger partial charge in [-0.25, -0.2) is 18.2 Å². The summed E-state index contributed by atoms with van der Waals surface area (Å²) in [6.45, 7) is 5.31. The molecule has 0 fully saturated rings. The van der Waals surface area contributed by atoms with Gasteiger partial charge >= 0.3 is 5.97 Å². The minimum atomic E-state index is -3.97. The van der Waals surface area contributed by atoms with E-state index in [1.54, 1.807) is 12.1 Å². The van der Waals surface area contributed by atoms with Gasteiger partial charge in [-0.15, -0.1) is 0 Å². The molecule has 0 atom stereocenters. The van der Waals surface area contributed by atoms with E-state index in [0.717, 1.165) is 12.8 Å². The molecule has 0 radical (unpaired) electrons. The number of nitrogens with one attached hydrogen (secondary N) is 1. The minimum absolute atomic E-state index is 0.0590. The third kappa shape index (κ3) is 5.11. The first kappa shape index (κ1) is 21.0. The Morgan fingerprint density at radius 2 is 1.85 bits per heavy atom. The predicted octanol–water partition coefficient (Wildman–Crippen LogP) is 3.86. The lowest BCUT2D eigenvalue weighted by molar-refractivity contribution is 0.0697. The van der Waals surface area contributed by atoms with Crippen molar-refractivity contribution >= 4 is 39.1 Å². The molecular weight excluding hydrogens is 390 g/mol. The first-order chi connectivity index (χ1) is 12.8. The number of aromatic nitrogens is 1. The zero-order valence-corrected chi connectivity index (χ0v) is 16.7. The summed E-state index contributed by atoms with van der Waals surface area (Å²) in [4.78, 5) is 17.7. The van der Waals surface area contributed by atoms with Crippen LogP contribution < -0.4 is 9.62 Å². The lowest BCUT2D eigenvalue weighted by atomic mass is 10.2. The summed E-state index contributed by atoms with van der Waals surface area (Å²) in [5, 5.41) is 9.64. The highest BCUT2D eigenvalue weighted by Crippen LogP contribution is 2.26. The maximum atomic E-state index is 12.5. The average molecular weight is 412 g/mol. The van der Waals surface area contributed by atoms with E-state index in [-0.39, 0.29) is 21.2 Å². The molecule has 0 aliphatic carbocycles. The zero-order chi connectivity index (χ0) is 20.0. The van der Waals surface area contributed by atoms with Crippen molar-refractivity contribution in [2.75, 3.05) is 22.7 Å². The molecule has 0 saturated heterocycles. The number of carboxylic acids is 1. The maximum absolute atomic E-state index is 12.5. The number of nitrogens with zero attached hydrogens (tertiary/aromatic N) is 2. The molecule has 0 aliphatic heterocycles. The fourth-order valence-electron chi connectivity index (χ4n) is 2.66. The second-order valence-corrected chi connectivity index (χ2v) is 7.98. The number of aromatic carboxylic acids is 1. The Morgan fingerprint density at radius 1 is 1.22 bits per heavy atom. The van der Waals surface area contributed by atoms with E-state index < -0.39 is 16.0 Å². The number of carbonyl (C=O) groups is 1. The van der Waals surface area contributed by atoms with Crippen LogP contribution in [0.15, 0.2) is 41.4 Å². The van der Waals surface area contributed by atoms with Crippen LogP contribution in [0.25, 0.3) is 0 Å². The summed E-state index contributed by atoms with van der Waals surface area (Å²) < 4.78 is 27.4. The topological polar surface area (TPSA) is 99.6 Å². The monoisotopic (exact) mass is 411 g/mol. The molecule has 146 valence electrons. The number of hydrogen-bond donors (Lipinski definition) is 2. The van der Waals surface area contributed by atoms with Crippen molar-refractivity contribution in [3.8, 4) is 0 Å². The number of rotatable bonds is 9. The van der Waals surface area contributed by atoms with Crippen LogP contribution in [0.5, 0.6) is 0 Å². The van der Waals surface area contributed by atoms with Crippen molar-refractivity contribution in [3.63, 3.8) is 0 Å². The van der Waals surface area contributed by atoms with Gasteiger partial charge in [0.05, 0.1) is 16.9 Å². The minimum Gasteiger partial charge on any atom is -0.478 e. The van der Waals surface area contributed by atoms with E-state index in [9.17, 15) is 18.3 Å². The number of anilines is 2. The Balaban J connectivity index is 2.41. The fraction of sp³-hybridized carbons (Fsp3) is 0.333. The number of carboxylic acid groups (broad SMARTS) is 1. The van der Waals surface area contributed by atoms with Gasteiger partial charge in [-0.05, 0) is 31.0 Å². The van der Waals surface area contributed by atoms with Crippen molar-refractivity contribution < 1.29 is 18.3 Å². The molecule has 27 heavy (non-hydrogen) atoms. The Labute approximate surface area is 164 Å². The van der Waals surface area contributed by atoms with Crippen LogP contribution in [0.3, 0.4) is 0 Å². The number of halogens is 1. The molecule has 2 rings (SSSR count). The molecule has 2 N–H and O–H groups in total. The third-order valence-corrected chi connectivity index (χ3v) is 5.64. The van der Waals surface area contributed by atoms with Gasteiger partial charge in [-0.2, -0.15) is 0 Å². The molecule has 9 heteroatoms. The van der Waals surface area contributed by atoms with Gasteiger partial charge in [0.2, 0.25) is 0 Å². The molecule has 2 aromatic rings. The highest BCUT2D eigenvalue weighted by molar-refractivity contribution is 7.92.